The second kappa shape index (κ2) is 5.35. The van der Waals surface area contributed by atoms with Crippen LogP contribution in [0.5, 0.6) is 5.88 Å². The lowest BCUT2D eigenvalue weighted by Crippen LogP contribution is -2.19. The van der Waals surface area contributed by atoms with Crippen molar-refractivity contribution in [3.05, 3.63) is 18.3 Å². The Balaban J connectivity index is 2.13. The number of carbonyl (C=O) groups excluding carboxylic acids is 1. The van der Waals surface area contributed by atoms with Gasteiger partial charge >= 0.3 is 5.97 Å². The topological polar surface area (TPSA) is 88.5 Å². The Kier molecular flexibility index (Phi) is 3.89. The first-order valence-electron chi connectivity index (χ1n) is 6.90. The number of rotatable bonds is 5. The minimum Gasteiger partial charge on any atom is -0.481 e. The fourth-order valence-electron chi connectivity index (χ4n) is 2.60. The minimum absolute atomic E-state index is 0.0697. The van der Waals surface area contributed by atoms with Crippen LogP contribution in [0.3, 0.4) is 0 Å². The second-order valence-corrected chi connectivity index (χ2v) is 6.13. The van der Waals surface area contributed by atoms with Crippen LogP contribution in [-0.4, -0.2) is 28.1 Å². The molecule has 0 saturated heterocycles. The van der Waals surface area contributed by atoms with Crippen LogP contribution < -0.4 is 10.1 Å². The van der Waals surface area contributed by atoms with Crippen LogP contribution in [0.15, 0.2) is 18.3 Å². The van der Waals surface area contributed by atoms with Crippen molar-refractivity contribution in [2.45, 2.75) is 33.8 Å². The van der Waals surface area contributed by atoms with Gasteiger partial charge in [-0.3, -0.25) is 9.59 Å². The molecule has 1 aliphatic rings. The highest BCUT2D eigenvalue weighted by molar-refractivity contribution is 6.00. The average molecular weight is 292 g/mol. The SMILES string of the molecule is CC(C)Oc1ncccc1NC(=O)C1C(C(=O)O)C1(C)C. The van der Waals surface area contributed by atoms with Gasteiger partial charge in [0.15, 0.2) is 0 Å². The maximum absolute atomic E-state index is 12.3. The minimum atomic E-state index is -0.940. The highest BCUT2D eigenvalue weighted by Gasteiger charge is 2.65. The Hall–Kier alpha value is -2.11. The van der Waals surface area contributed by atoms with Gasteiger partial charge in [0.25, 0.3) is 0 Å². The Morgan fingerprint density at radius 3 is 2.57 bits per heavy atom. The van der Waals surface area contributed by atoms with E-state index < -0.39 is 23.2 Å². The Morgan fingerprint density at radius 2 is 2.05 bits per heavy atom. The molecule has 114 valence electrons. The standard InChI is InChI=1S/C15H20N2O4/c1-8(2)21-13-9(6-5-7-16-13)17-12(18)10-11(14(19)20)15(10,3)4/h5-8,10-11H,1-4H3,(H,17,18)(H,19,20). The third-order valence-electron chi connectivity index (χ3n) is 3.75. The third kappa shape index (κ3) is 2.99. The summed E-state index contributed by atoms with van der Waals surface area (Å²) in [6.07, 6.45) is 1.51. The van der Waals surface area contributed by atoms with E-state index in [4.69, 9.17) is 9.84 Å². The molecule has 0 aromatic carbocycles. The molecule has 1 amide bonds. The van der Waals surface area contributed by atoms with Gasteiger partial charge in [0.1, 0.15) is 5.69 Å². The van der Waals surface area contributed by atoms with Crippen molar-refractivity contribution < 1.29 is 19.4 Å². The summed E-state index contributed by atoms with van der Waals surface area (Å²) in [6.45, 7) is 7.30. The van der Waals surface area contributed by atoms with Crippen LogP contribution in [0, 0.1) is 17.3 Å². The number of nitrogens with zero attached hydrogens (tertiary/aromatic N) is 1. The molecule has 0 spiro atoms. The summed E-state index contributed by atoms with van der Waals surface area (Å²) < 4.78 is 5.53. The number of aliphatic carboxylic acids is 1. The molecule has 21 heavy (non-hydrogen) atoms. The van der Waals surface area contributed by atoms with Crippen molar-refractivity contribution in [2.75, 3.05) is 5.32 Å². The van der Waals surface area contributed by atoms with E-state index in [2.05, 4.69) is 10.3 Å². The molecule has 2 N–H and O–H groups in total. The fraction of sp³-hybridized carbons (Fsp3) is 0.533. The molecule has 1 aromatic rings. The molecule has 2 atom stereocenters. The summed E-state index contributed by atoms with van der Waals surface area (Å²) >= 11 is 0. The van der Waals surface area contributed by atoms with Crippen LogP contribution in [0.4, 0.5) is 5.69 Å². The molecule has 6 nitrogen and oxygen atoms in total. The second-order valence-electron chi connectivity index (χ2n) is 6.13. The monoisotopic (exact) mass is 292 g/mol. The summed E-state index contributed by atoms with van der Waals surface area (Å²) in [7, 11) is 0. The summed E-state index contributed by atoms with van der Waals surface area (Å²) in [6, 6.07) is 3.38. The van der Waals surface area contributed by atoms with E-state index in [1.54, 1.807) is 32.2 Å². The first-order valence-corrected chi connectivity index (χ1v) is 6.90. The van der Waals surface area contributed by atoms with E-state index in [0.717, 1.165) is 0 Å². The normalized spacial score (nSPS) is 22.7. The highest BCUT2D eigenvalue weighted by atomic mass is 16.5. The molecule has 1 heterocycles. The van der Waals surface area contributed by atoms with E-state index >= 15 is 0 Å². The molecule has 1 saturated carbocycles. The first-order chi connectivity index (χ1) is 9.75. The summed E-state index contributed by atoms with van der Waals surface area (Å²) in [5.41, 5.74) is -0.0694. The molecular weight excluding hydrogens is 272 g/mol. The quantitative estimate of drug-likeness (QED) is 0.868. The van der Waals surface area contributed by atoms with Gasteiger partial charge in [-0.05, 0) is 31.4 Å². The lowest BCUT2D eigenvalue weighted by Gasteiger charge is -2.13. The van der Waals surface area contributed by atoms with Crippen molar-refractivity contribution in [2.24, 2.45) is 17.3 Å². The molecule has 2 rings (SSSR count). The van der Waals surface area contributed by atoms with Crippen molar-refractivity contribution in [3.8, 4) is 5.88 Å². The molecule has 1 aliphatic carbocycles. The van der Waals surface area contributed by atoms with Gasteiger partial charge in [-0.1, -0.05) is 13.8 Å². The number of hydrogen-bond donors (Lipinski definition) is 2. The van der Waals surface area contributed by atoms with E-state index in [9.17, 15) is 9.59 Å². The molecule has 0 aliphatic heterocycles. The Morgan fingerprint density at radius 1 is 1.38 bits per heavy atom. The molecule has 1 aromatic heterocycles. The van der Waals surface area contributed by atoms with Crippen molar-refractivity contribution in [1.82, 2.24) is 4.98 Å². The summed E-state index contributed by atoms with van der Waals surface area (Å²) in [5, 5.41) is 11.9. The van der Waals surface area contributed by atoms with E-state index in [0.29, 0.717) is 11.6 Å². The Labute approximate surface area is 123 Å². The third-order valence-corrected chi connectivity index (χ3v) is 3.75. The first kappa shape index (κ1) is 15.3. The fourth-order valence-corrected chi connectivity index (χ4v) is 2.60. The van der Waals surface area contributed by atoms with Gasteiger partial charge in [-0.15, -0.1) is 0 Å². The van der Waals surface area contributed by atoms with Gasteiger partial charge < -0.3 is 15.2 Å². The maximum atomic E-state index is 12.3. The largest absolute Gasteiger partial charge is 0.481 e. The van der Waals surface area contributed by atoms with Gasteiger partial charge in [0.2, 0.25) is 11.8 Å². The molecule has 6 heteroatoms. The number of hydrogen-bond acceptors (Lipinski definition) is 4. The van der Waals surface area contributed by atoms with Gasteiger partial charge in [-0.25, -0.2) is 4.98 Å². The number of ether oxygens (including phenoxy) is 1. The average Bonchev–Trinajstić information content (AvgIpc) is 2.94. The number of anilines is 1. The smallest absolute Gasteiger partial charge is 0.307 e. The predicted octanol–water partition coefficient (Wildman–Crippen LogP) is 2.16. The molecular formula is C15H20N2O4. The lowest BCUT2D eigenvalue weighted by atomic mass is 10.1. The number of pyridine rings is 1. The molecule has 0 bridgehead atoms. The van der Waals surface area contributed by atoms with E-state index in [1.165, 1.54) is 0 Å². The molecule has 1 fully saturated rings. The summed E-state index contributed by atoms with van der Waals surface area (Å²) in [4.78, 5) is 27.5. The van der Waals surface area contributed by atoms with E-state index in [-0.39, 0.29) is 12.0 Å². The van der Waals surface area contributed by atoms with Gasteiger partial charge in [0, 0.05) is 6.20 Å². The number of aromatic nitrogens is 1. The molecule has 2 unspecified atom stereocenters. The van der Waals surface area contributed by atoms with Crippen molar-refractivity contribution in [3.63, 3.8) is 0 Å². The van der Waals surface area contributed by atoms with Crippen molar-refractivity contribution in [1.29, 1.82) is 0 Å². The van der Waals surface area contributed by atoms with Crippen LogP contribution >= 0.6 is 0 Å². The predicted molar refractivity (Wildman–Crippen MR) is 77.0 cm³/mol. The Bertz CT molecular complexity index is 569. The number of nitrogens with one attached hydrogen (secondary N) is 1. The maximum Gasteiger partial charge on any atom is 0.307 e. The molecule has 0 radical (unpaired) electrons. The van der Waals surface area contributed by atoms with Crippen LogP contribution in [0.25, 0.3) is 0 Å². The van der Waals surface area contributed by atoms with Gasteiger partial charge in [0.05, 0.1) is 17.9 Å². The number of carboxylic acids is 1. The van der Waals surface area contributed by atoms with Crippen LogP contribution in [0.2, 0.25) is 0 Å². The van der Waals surface area contributed by atoms with Crippen LogP contribution in [-0.2, 0) is 9.59 Å². The number of amides is 1. The van der Waals surface area contributed by atoms with Gasteiger partial charge in [-0.2, -0.15) is 0 Å². The zero-order valence-corrected chi connectivity index (χ0v) is 12.6. The van der Waals surface area contributed by atoms with Crippen LogP contribution in [0.1, 0.15) is 27.7 Å². The highest BCUT2D eigenvalue weighted by Crippen LogP contribution is 2.58. The van der Waals surface area contributed by atoms with Crippen molar-refractivity contribution >= 4 is 17.6 Å². The number of carboxylic acid groups (broad SMARTS) is 1. The summed E-state index contributed by atoms with van der Waals surface area (Å²) in [5.74, 6) is -2.10. The zero-order chi connectivity index (χ0) is 15.8. The number of carbonyl (C=O) groups is 2. The lowest BCUT2D eigenvalue weighted by molar-refractivity contribution is -0.140. The van der Waals surface area contributed by atoms with E-state index in [1.807, 2.05) is 13.8 Å². The zero-order valence-electron chi connectivity index (χ0n) is 12.6.